The molecular weight excluding hydrogens is 198 g/mol. The Bertz CT molecular complexity index is 358. The number of halogens is 2. The zero-order valence-corrected chi connectivity index (χ0v) is 8.26. The van der Waals surface area contributed by atoms with E-state index < -0.39 is 11.6 Å². The normalized spacial score (nSPS) is 9.67. The fraction of sp³-hybridized carbons (Fsp3) is 0.364. The maximum atomic E-state index is 13.1. The lowest BCUT2D eigenvalue weighted by Crippen LogP contribution is -2.04. The largest absolute Gasteiger partial charge is 0.383 e. The van der Waals surface area contributed by atoms with Gasteiger partial charge in [0.2, 0.25) is 0 Å². The topological polar surface area (TPSA) is 35.8 Å². The minimum atomic E-state index is -0.850. The van der Waals surface area contributed by atoms with Crippen LogP contribution in [-0.4, -0.2) is 6.54 Å². The van der Waals surface area contributed by atoms with Crippen LogP contribution in [-0.2, 0) is 0 Å². The lowest BCUT2D eigenvalue weighted by molar-refractivity contribution is 0.511. The smallest absolute Gasteiger partial charge is 0.181 e. The second-order valence-electron chi connectivity index (χ2n) is 3.14. The highest BCUT2D eigenvalue weighted by atomic mass is 19.2. The number of rotatable bonds is 5. The molecule has 0 saturated heterocycles. The highest BCUT2D eigenvalue weighted by Gasteiger charge is 2.05. The summed E-state index contributed by atoms with van der Waals surface area (Å²) in [7, 11) is 0. The number of hydrogen-bond acceptors (Lipinski definition) is 2. The minimum absolute atomic E-state index is 0.173. The van der Waals surface area contributed by atoms with E-state index >= 15 is 0 Å². The predicted molar refractivity (Wildman–Crippen MR) is 54.3 cm³/mol. The van der Waals surface area contributed by atoms with Crippen LogP contribution in [0.4, 0.5) is 14.5 Å². The van der Waals surface area contributed by atoms with Crippen LogP contribution in [0.15, 0.2) is 18.2 Å². The van der Waals surface area contributed by atoms with Crippen molar-refractivity contribution in [2.75, 3.05) is 11.9 Å². The van der Waals surface area contributed by atoms with Gasteiger partial charge >= 0.3 is 0 Å². The van der Waals surface area contributed by atoms with Gasteiger partial charge in [0.05, 0.1) is 11.8 Å². The number of hydrogen-bond donors (Lipinski definition) is 1. The number of benzene rings is 1. The highest BCUT2D eigenvalue weighted by Crippen LogP contribution is 2.16. The first-order valence-electron chi connectivity index (χ1n) is 4.80. The second kappa shape index (κ2) is 5.97. The fourth-order valence-electron chi connectivity index (χ4n) is 1.19. The summed E-state index contributed by atoms with van der Waals surface area (Å²) in [5, 5.41) is 11.1. The van der Waals surface area contributed by atoms with Gasteiger partial charge in [-0.15, -0.1) is 0 Å². The van der Waals surface area contributed by atoms with Crippen molar-refractivity contribution in [2.24, 2.45) is 0 Å². The van der Waals surface area contributed by atoms with Crippen molar-refractivity contribution in [3.05, 3.63) is 29.8 Å². The highest BCUT2D eigenvalue weighted by molar-refractivity contribution is 5.44. The van der Waals surface area contributed by atoms with E-state index in [0.717, 1.165) is 18.9 Å². The van der Waals surface area contributed by atoms with Gasteiger partial charge in [0, 0.05) is 13.0 Å². The molecule has 0 aliphatic carbocycles. The maximum Gasteiger partial charge on any atom is 0.181 e. The molecular formula is C11H12F2N2. The lowest BCUT2D eigenvalue weighted by atomic mass is 10.2. The molecule has 15 heavy (non-hydrogen) atoms. The van der Waals surface area contributed by atoms with Gasteiger partial charge in [-0.1, -0.05) is 6.07 Å². The van der Waals surface area contributed by atoms with Crippen molar-refractivity contribution in [1.29, 1.82) is 5.26 Å². The molecule has 2 nitrogen and oxygen atoms in total. The Morgan fingerprint density at radius 2 is 2.07 bits per heavy atom. The first kappa shape index (κ1) is 11.4. The zero-order valence-electron chi connectivity index (χ0n) is 8.26. The number of nitriles is 1. The number of anilines is 1. The Morgan fingerprint density at radius 1 is 1.27 bits per heavy atom. The molecule has 4 heteroatoms. The standard InChI is InChI=1S/C11H12F2N2/c12-9-5-4-6-10(11(9)13)15-8-3-1-2-7-14/h4-6,15H,1-3,8H2. The Balaban J connectivity index is 2.38. The first-order valence-corrected chi connectivity index (χ1v) is 4.80. The molecule has 0 radical (unpaired) electrons. The summed E-state index contributed by atoms with van der Waals surface area (Å²) >= 11 is 0. The van der Waals surface area contributed by atoms with Gasteiger partial charge in [-0.05, 0) is 25.0 Å². The fourth-order valence-corrected chi connectivity index (χ4v) is 1.19. The van der Waals surface area contributed by atoms with Crippen LogP contribution in [0, 0.1) is 23.0 Å². The summed E-state index contributed by atoms with van der Waals surface area (Å²) < 4.78 is 25.8. The molecule has 0 spiro atoms. The Labute approximate surface area is 87.5 Å². The maximum absolute atomic E-state index is 13.1. The first-order chi connectivity index (χ1) is 7.25. The minimum Gasteiger partial charge on any atom is -0.383 e. The Morgan fingerprint density at radius 3 is 2.80 bits per heavy atom. The molecule has 0 aromatic heterocycles. The quantitative estimate of drug-likeness (QED) is 0.758. The van der Waals surface area contributed by atoms with Crippen molar-refractivity contribution in [2.45, 2.75) is 19.3 Å². The van der Waals surface area contributed by atoms with Crippen molar-refractivity contribution in [1.82, 2.24) is 0 Å². The van der Waals surface area contributed by atoms with E-state index in [4.69, 9.17) is 5.26 Å². The van der Waals surface area contributed by atoms with Gasteiger partial charge in [-0.2, -0.15) is 5.26 Å². The Hall–Kier alpha value is -1.63. The van der Waals surface area contributed by atoms with Crippen molar-refractivity contribution < 1.29 is 8.78 Å². The molecule has 0 atom stereocenters. The van der Waals surface area contributed by atoms with E-state index in [1.165, 1.54) is 12.1 Å². The molecule has 1 rings (SSSR count). The van der Waals surface area contributed by atoms with Gasteiger partial charge < -0.3 is 5.32 Å². The summed E-state index contributed by atoms with van der Waals surface area (Å²) in [6.07, 6.45) is 2.03. The average molecular weight is 210 g/mol. The molecule has 0 fully saturated rings. The zero-order chi connectivity index (χ0) is 11.1. The second-order valence-corrected chi connectivity index (χ2v) is 3.14. The van der Waals surface area contributed by atoms with E-state index in [1.54, 1.807) is 0 Å². The molecule has 1 aromatic rings. The molecule has 0 heterocycles. The van der Waals surface area contributed by atoms with E-state index in [-0.39, 0.29) is 5.69 Å². The predicted octanol–water partition coefficient (Wildman–Crippen LogP) is 3.07. The van der Waals surface area contributed by atoms with Crippen LogP contribution in [0.25, 0.3) is 0 Å². The van der Waals surface area contributed by atoms with Gasteiger partial charge in [0.1, 0.15) is 0 Å². The Kier molecular flexibility index (Phi) is 4.55. The summed E-state index contributed by atoms with van der Waals surface area (Å²) in [5.41, 5.74) is 0.173. The van der Waals surface area contributed by atoms with Gasteiger partial charge in [0.25, 0.3) is 0 Å². The molecule has 80 valence electrons. The SMILES string of the molecule is N#CCCCCNc1cccc(F)c1F. The van der Waals surface area contributed by atoms with E-state index in [1.807, 2.05) is 6.07 Å². The van der Waals surface area contributed by atoms with Crippen LogP contribution in [0.1, 0.15) is 19.3 Å². The third-order valence-corrected chi connectivity index (χ3v) is 1.98. The lowest BCUT2D eigenvalue weighted by Gasteiger charge is -2.06. The van der Waals surface area contributed by atoms with Crippen LogP contribution in [0.5, 0.6) is 0 Å². The summed E-state index contributed by atoms with van der Waals surface area (Å²) in [6, 6.07) is 6.05. The molecule has 0 bridgehead atoms. The summed E-state index contributed by atoms with van der Waals surface area (Å²) in [4.78, 5) is 0. The van der Waals surface area contributed by atoms with Crippen molar-refractivity contribution in [3.8, 4) is 6.07 Å². The molecule has 0 aliphatic rings. The molecule has 0 aliphatic heterocycles. The number of nitrogens with one attached hydrogen (secondary N) is 1. The number of unbranched alkanes of at least 4 members (excludes halogenated alkanes) is 2. The van der Waals surface area contributed by atoms with Crippen LogP contribution >= 0.6 is 0 Å². The van der Waals surface area contributed by atoms with E-state index in [9.17, 15) is 8.78 Å². The third kappa shape index (κ3) is 3.55. The van der Waals surface area contributed by atoms with E-state index in [0.29, 0.717) is 13.0 Å². The number of nitrogens with zero attached hydrogens (tertiary/aromatic N) is 1. The molecule has 0 saturated carbocycles. The van der Waals surface area contributed by atoms with E-state index in [2.05, 4.69) is 5.32 Å². The van der Waals surface area contributed by atoms with Gasteiger partial charge in [-0.25, -0.2) is 8.78 Å². The molecule has 0 unspecified atom stereocenters. The van der Waals surface area contributed by atoms with Gasteiger partial charge in [0.15, 0.2) is 11.6 Å². The molecule has 1 aromatic carbocycles. The van der Waals surface area contributed by atoms with Crippen molar-refractivity contribution >= 4 is 5.69 Å². The van der Waals surface area contributed by atoms with Crippen molar-refractivity contribution in [3.63, 3.8) is 0 Å². The molecule has 1 N–H and O–H groups in total. The van der Waals surface area contributed by atoms with Gasteiger partial charge in [-0.3, -0.25) is 0 Å². The third-order valence-electron chi connectivity index (χ3n) is 1.98. The summed E-state index contributed by atoms with van der Waals surface area (Å²) in [5.74, 6) is -1.70. The van der Waals surface area contributed by atoms with Crippen LogP contribution in [0.3, 0.4) is 0 Å². The average Bonchev–Trinajstić information content (AvgIpc) is 2.24. The van der Waals surface area contributed by atoms with Crippen LogP contribution < -0.4 is 5.32 Å². The monoisotopic (exact) mass is 210 g/mol. The molecule has 0 amide bonds. The summed E-state index contributed by atoms with van der Waals surface area (Å²) in [6.45, 7) is 0.544. The van der Waals surface area contributed by atoms with Crippen LogP contribution in [0.2, 0.25) is 0 Å².